The van der Waals surface area contributed by atoms with E-state index in [9.17, 15) is 9.90 Å². The molecule has 20 heavy (non-hydrogen) atoms. The molecule has 1 saturated heterocycles. The summed E-state index contributed by atoms with van der Waals surface area (Å²) in [6.07, 6.45) is 4.20. The van der Waals surface area contributed by atoms with Crippen molar-refractivity contribution < 1.29 is 9.90 Å². The quantitative estimate of drug-likeness (QED) is 0.900. The Hall–Kier alpha value is -2.14. The number of nitrogens with zero attached hydrogens (tertiary/aromatic N) is 3. The monoisotopic (exact) mass is 271 g/mol. The summed E-state index contributed by atoms with van der Waals surface area (Å²) in [5.41, 5.74) is 0.795. The van der Waals surface area contributed by atoms with Crippen molar-refractivity contribution in [2.45, 2.75) is 18.9 Å². The molecular formula is C15H17N3O2. The van der Waals surface area contributed by atoms with Crippen LogP contribution in [-0.2, 0) is 0 Å². The highest BCUT2D eigenvalue weighted by atomic mass is 16.3. The minimum Gasteiger partial charge on any atom is -0.388 e. The van der Waals surface area contributed by atoms with Gasteiger partial charge in [0.15, 0.2) is 0 Å². The second-order valence-corrected chi connectivity index (χ2v) is 5.47. The first kappa shape index (κ1) is 12.9. The Morgan fingerprint density at radius 2 is 2.10 bits per heavy atom. The Morgan fingerprint density at radius 3 is 2.65 bits per heavy atom. The number of rotatable bonds is 2. The summed E-state index contributed by atoms with van der Waals surface area (Å²) in [5.74, 6) is -0.0326. The van der Waals surface area contributed by atoms with Gasteiger partial charge in [-0.1, -0.05) is 0 Å². The molecule has 104 valence electrons. The molecule has 1 aliphatic rings. The van der Waals surface area contributed by atoms with Crippen molar-refractivity contribution in [3.05, 3.63) is 48.3 Å². The molecule has 1 amide bonds. The van der Waals surface area contributed by atoms with Gasteiger partial charge in [0.1, 0.15) is 0 Å². The molecule has 0 spiro atoms. The lowest BCUT2D eigenvalue weighted by Crippen LogP contribution is -2.33. The summed E-state index contributed by atoms with van der Waals surface area (Å²) < 4.78 is 1.74. The van der Waals surface area contributed by atoms with E-state index in [1.807, 2.05) is 24.4 Å². The first-order chi connectivity index (χ1) is 9.55. The van der Waals surface area contributed by atoms with Gasteiger partial charge in [-0.05, 0) is 43.7 Å². The number of aromatic nitrogens is 2. The summed E-state index contributed by atoms with van der Waals surface area (Å²) in [5, 5.41) is 14.1. The molecule has 0 radical (unpaired) electrons. The Balaban J connectivity index is 1.76. The molecule has 1 fully saturated rings. The molecule has 0 aliphatic carbocycles. The van der Waals surface area contributed by atoms with E-state index >= 15 is 0 Å². The lowest BCUT2D eigenvalue weighted by atomic mass is 10.1. The second-order valence-electron chi connectivity index (χ2n) is 5.47. The Labute approximate surface area is 117 Å². The smallest absolute Gasteiger partial charge is 0.253 e. The largest absolute Gasteiger partial charge is 0.388 e. The van der Waals surface area contributed by atoms with E-state index in [1.165, 1.54) is 0 Å². The molecule has 1 N–H and O–H groups in total. The van der Waals surface area contributed by atoms with Crippen molar-refractivity contribution in [3.63, 3.8) is 0 Å². The normalized spacial score (nSPS) is 22.2. The molecule has 0 saturated carbocycles. The van der Waals surface area contributed by atoms with Crippen molar-refractivity contribution in [2.24, 2.45) is 0 Å². The highest BCUT2D eigenvalue weighted by Gasteiger charge is 2.34. The standard InChI is InChI=1S/C15H17N3O2/c1-15(20)7-10-17(11-15)14(19)12-3-5-13(6-4-12)18-9-2-8-16-18/h2-6,8-9,20H,7,10-11H2,1H3. The fraction of sp³-hybridized carbons (Fsp3) is 0.333. The lowest BCUT2D eigenvalue weighted by molar-refractivity contribution is 0.0572. The van der Waals surface area contributed by atoms with Crippen LogP contribution < -0.4 is 0 Å². The zero-order valence-electron chi connectivity index (χ0n) is 11.4. The van der Waals surface area contributed by atoms with Gasteiger partial charge in [0, 0.05) is 31.0 Å². The van der Waals surface area contributed by atoms with E-state index in [1.54, 1.807) is 34.8 Å². The number of carbonyl (C=O) groups excluding carboxylic acids is 1. The third-order valence-corrected chi connectivity index (χ3v) is 3.62. The molecule has 1 aromatic carbocycles. The molecular weight excluding hydrogens is 254 g/mol. The van der Waals surface area contributed by atoms with Gasteiger partial charge in [-0.15, -0.1) is 0 Å². The van der Waals surface area contributed by atoms with Crippen LogP contribution in [0.25, 0.3) is 5.69 Å². The second kappa shape index (κ2) is 4.76. The maximum absolute atomic E-state index is 12.3. The number of carbonyl (C=O) groups is 1. The number of hydrogen-bond donors (Lipinski definition) is 1. The van der Waals surface area contributed by atoms with Crippen LogP contribution in [0, 0.1) is 0 Å². The van der Waals surface area contributed by atoms with Gasteiger partial charge in [-0.3, -0.25) is 4.79 Å². The average Bonchev–Trinajstić information content (AvgIpc) is 3.07. The average molecular weight is 271 g/mol. The first-order valence-electron chi connectivity index (χ1n) is 6.67. The molecule has 2 heterocycles. The van der Waals surface area contributed by atoms with Gasteiger partial charge in [-0.25, -0.2) is 4.68 Å². The molecule has 1 unspecified atom stereocenters. The molecule has 1 atom stereocenters. The van der Waals surface area contributed by atoms with E-state index in [4.69, 9.17) is 0 Å². The maximum Gasteiger partial charge on any atom is 0.253 e. The van der Waals surface area contributed by atoms with Crippen LogP contribution in [0.1, 0.15) is 23.7 Å². The van der Waals surface area contributed by atoms with Crippen molar-refractivity contribution >= 4 is 5.91 Å². The van der Waals surface area contributed by atoms with Crippen LogP contribution in [0.5, 0.6) is 0 Å². The van der Waals surface area contributed by atoms with Gasteiger partial charge in [-0.2, -0.15) is 5.10 Å². The maximum atomic E-state index is 12.3. The van der Waals surface area contributed by atoms with Gasteiger partial charge >= 0.3 is 0 Å². The highest BCUT2D eigenvalue weighted by molar-refractivity contribution is 5.94. The van der Waals surface area contributed by atoms with Crippen LogP contribution in [0.15, 0.2) is 42.7 Å². The number of β-amino-alcohol motifs (C(OH)–C–C–N with tert-alkyl or cyclic N) is 1. The number of benzene rings is 1. The van der Waals surface area contributed by atoms with Gasteiger partial charge < -0.3 is 10.0 Å². The SMILES string of the molecule is CC1(O)CCN(C(=O)c2ccc(-n3cccn3)cc2)C1. The summed E-state index contributed by atoms with van der Waals surface area (Å²) in [6.45, 7) is 2.76. The van der Waals surface area contributed by atoms with Gasteiger partial charge in [0.2, 0.25) is 0 Å². The molecule has 1 aromatic heterocycles. The zero-order valence-corrected chi connectivity index (χ0v) is 11.4. The van der Waals surface area contributed by atoms with Crippen molar-refractivity contribution in [3.8, 4) is 5.69 Å². The predicted molar refractivity (Wildman–Crippen MR) is 74.7 cm³/mol. The Morgan fingerprint density at radius 1 is 1.35 bits per heavy atom. The molecule has 1 aliphatic heterocycles. The van der Waals surface area contributed by atoms with Gasteiger partial charge in [0.05, 0.1) is 11.3 Å². The summed E-state index contributed by atoms with van der Waals surface area (Å²) >= 11 is 0. The van der Waals surface area contributed by atoms with E-state index in [0.29, 0.717) is 25.1 Å². The summed E-state index contributed by atoms with van der Waals surface area (Å²) in [6, 6.07) is 9.19. The number of amides is 1. The van der Waals surface area contributed by atoms with Crippen molar-refractivity contribution in [2.75, 3.05) is 13.1 Å². The van der Waals surface area contributed by atoms with Crippen LogP contribution in [0.2, 0.25) is 0 Å². The molecule has 2 aromatic rings. The fourth-order valence-electron chi connectivity index (χ4n) is 2.48. The van der Waals surface area contributed by atoms with E-state index in [0.717, 1.165) is 5.69 Å². The summed E-state index contributed by atoms with van der Waals surface area (Å²) in [4.78, 5) is 14.0. The molecule has 5 heteroatoms. The lowest BCUT2D eigenvalue weighted by Gasteiger charge is -2.19. The molecule has 5 nitrogen and oxygen atoms in total. The highest BCUT2D eigenvalue weighted by Crippen LogP contribution is 2.22. The Kier molecular flexibility index (Phi) is 3.06. The van der Waals surface area contributed by atoms with Crippen molar-refractivity contribution in [1.82, 2.24) is 14.7 Å². The van der Waals surface area contributed by atoms with Crippen LogP contribution >= 0.6 is 0 Å². The first-order valence-corrected chi connectivity index (χ1v) is 6.67. The van der Waals surface area contributed by atoms with Crippen LogP contribution in [0.4, 0.5) is 0 Å². The minimum absolute atomic E-state index is 0.0326. The third kappa shape index (κ3) is 2.44. The van der Waals surface area contributed by atoms with Crippen LogP contribution in [0.3, 0.4) is 0 Å². The number of aliphatic hydroxyl groups is 1. The summed E-state index contributed by atoms with van der Waals surface area (Å²) in [7, 11) is 0. The van der Waals surface area contributed by atoms with E-state index in [-0.39, 0.29) is 5.91 Å². The van der Waals surface area contributed by atoms with Gasteiger partial charge in [0.25, 0.3) is 5.91 Å². The van der Waals surface area contributed by atoms with E-state index < -0.39 is 5.60 Å². The third-order valence-electron chi connectivity index (χ3n) is 3.62. The zero-order chi connectivity index (χ0) is 14.2. The molecule has 0 bridgehead atoms. The topological polar surface area (TPSA) is 58.4 Å². The minimum atomic E-state index is -0.759. The number of hydrogen-bond acceptors (Lipinski definition) is 3. The fourth-order valence-corrected chi connectivity index (χ4v) is 2.48. The van der Waals surface area contributed by atoms with Crippen molar-refractivity contribution in [1.29, 1.82) is 0 Å². The number of likely N-dealkylation sites (tertiary alicyclic amines) is 1. The predicted octanol–water partition coefficient (Wildman–Crippen LogP) is 1.47. The molecule has 3 rings (SSSR count). The van der Waals surface area contributed by atoms with E-state index in [2.05, 4.69) is 5.10 Å². The Bertz CT molecular complexity index is 603. The van der Waals surface area contributed by atoms with Crippen LogP contribution in [-0.4, -0.2) is 44.4 Å².